The average Bonchev–Trinajstić information content (AvgIpc) is 2.96. The molecule has 1 heterocycles. The quantitative estimate of drug-likeness (QED) is 0.796. The van der Waals surface area contributed by atoms with Crippen molar-refractivity contribution in [2.45, 2.75) is 70.1 Å². The molecule has 19 heavy (non-hydrogen) atoms. The number of nitrogens with one attached hydrogen (secondary N) is 1. The van der Waals surface area contributed by atoms with E-state index in [4.69, 9.17) is 9.84 Å². The van der Waals surface area contributed by atoms with Crippen molar-refractivity contribution in [3.8, 4) is 0 Å². The Balaban J connectivity index is 1.63. The molecule has 0 aromatic rings. The van der Waals surface area contributed by atoms with Crippen LogP contribution in [0, 0.1) is 5.92 Å². The molecule has 1 aliphatic carbocycles. The largest absolute Gasteiger partial charge is 0.481 e. The van der Waals surface area contributed by atoms with Gasteiger partial charge in [-0.15, -0.1) is 0 Å². The molecule has 2 aliphatic rings. The molecule has 108 valence electrons. The third-order valence-corrected chi connectivity index (χ3v) is 4.16. The fraction of sp³-hybridized carbons (Fsp3) is 0.857. The SMILES string of the molecule is CC1CCC(CCC(=O)N[C@H]2CC[C@@H](C(=O)O)C2)O1. The number of rotatable bonds is 5. The zero-order valence-electron chi connectivity index (χ0n) is 11.4. The molecule has 0 bridgehead atoms. The van der Waals surface area contributed by atoms with Crippen molar-refractivity contribution < 1.29 is 19.4 Å². The number of carboxylic acid groups (broad SMARTS) is 1. The standard InChI is InChI=1S/C14H23NO4/c1-9-2-5-12(19-9)6-7-13(16)15-11-4-3-10(8-11)14(17)18/h9-12H,2-8H2,1H3,(H,15,16)(H,17,18)/t9?,10-,11+,12?/m1/s1. The lowest BCUT2D eigenvalue weighted by molar-refractivity contribution is -0.141. The van der Waals surface area contributed by atoms with Crippen LogP contribution in [0.4, 0.5) is 0 Å². The van der Waals surface area contributed by atoms with Crippen molar-refractivity contribution in [2.24, 2.45) is 5.92 Å². The Morgan fingerprint density at radius 2 is 2.05 bits per heavy atom. The van der Waals surface area contributed by atoms with Crippen molar-refractivity contribution >= 4 is 11.9 Å². The van der Waals surface area contributed by atoms with E-state index in [2.05, 4.69) is 12.2 Å². The Hall–Kier alpha value is -1.10. The minimum Gasteiger partial charge on any atom is -0.481 e. The van der Waals surface area contributed by atoms with Gasteiger partial charge in [0.15, 0.2) is 0 Å². The summed E-state index contributed by atoms with van der Waals surface area (Å²) >= 11 is 0. The fourth-order valence-electron chi connectivity index (χ4n) is 3.03. The summed E-state index contributed by atoms with van der Waals surface area (Å²) in [5, 5.41) is 11.8. The second kappa shape index (κ2) is 6.37. The molecule has 0 aromatic heterocycles. The summed E-state index contributed by atoms with van der Waals surface area (Å²) in [4.78, 5) is 22.6. The van der Waals surface area contributed by atoms with Gasteiger partial charge < -0.3 is 15.2 Å². The van der Waals surface area contributed by atoms with Crippen LogP contribution in [0.15, 0.2) is 0 Å². The highest BCUT2D eigenvalue weighted by atomic mass is 16.5. The molecule has 5 heteroatoms. The maximum Gasteiger partial charge on any atom is 0.306 e. The molecular formula is C14H23NO4. The van der Waals surface area contributed by atoms with Gasteiger partial charge in [-0.25, -0.2) is 0 Å². The minimum atomic E-state index is -0.745. The summed E-state index contributed by atoms with van der Waals surface area (Å²) in [5.41, 5.74) is 0. The van der Waals surface area contributed by atoms with E-state index in [1.54, 1.807) is 0 Å². The van der Waals surface area contributed by atoms with E-state index in [-0.39, 0.29) is 24.0 Å². The Kier molecular flexibility index (Phi) is 4.80. The van der Waals surface area contributed by atoms with Gasteiger partial charge in [0.25, 0.3) is 0 Å². The number of hydrogen-bond acceptors (Lipinski definition) is 3. The van der Waals surface area contributed by atoms with Crippen LogP contribution in [-0.4, -0.2) is 35.2 Å². The van der Waals surface area contributed by atoms with E-state index in [1.807, 2.05) is 0 Å². The minimum absolute atomic E-state index is 0.0270. The van der Waals surface area contributed by atoms with Gasteiger partial charge in [-0.3, -0.25) is 9.59 Å². The van der Waals surface area contributed by atoms with E-state index in [0.29, 0.717) is 25.4 Å². The monoisotopic (exact) mass is 269 g/mol. The van der Waals surface area contributed by atoms with Crippen LogP contribution in [0.25, 0.3) is 0 Å². The van der Waals surface area contributed by atoms with E-state index >= 15 is 0 Å². The van der Waals surface area contributed by atoms with Crippen molar-refractivity contribution in [1.82, 2.24) is 5.32 Å². The molecule has 1 saturated carbocycles. The lowest BCUT2D eigenvalue weighted by atomic mass is 10.1. The first-order valence-corrected chi connectivity index (χ1v) is 7.22. The third kappa shape index (κ3) is 4.20. The maximum atomic E-state index is 11.8. The fourth-order valence-corrected chi connectivity index (χ4v) is 3.03. The highest BCUT2D eigenvalue weighted by Gasteiger charge is 2.30. The topological polar surface area (TPSA) is 75.6 Å². The molecule has 1 aliphatic heterocycles. The number of carbonyl (C=O) groups is 2. The Labute approximate surface area is 113 Å². The Morgan fingerprint density at radius 3 is 2.63 bits per heavy atom. The number of carboxylic acids is 1. The second-order valence-electron chi connectivity index (χ2n) is 5.80. The molecule has 1 saturated heterocycles. The van der Waals surface area contributed by atoms with Crippen LogP contribution in [0.5, 0.6) is 0 Å². The van der Waals surface area contributed by atoms with Crippen molar-refractivity contribution in [3.05, 3.63) is 0 Å². The second-order valence-corrected chi connectivity index (χ2v) is 5.80. The van der Waals surface area contributed by atoms with Crippen LogP contribution >= 0.6 is 0 Å². The smallest absolute Gasteiger partial charge is 0.306 e. The molecule has 1 amide bonds. The van der Waals surface area contributed by atoms with Crippen molar-refractivity contribution in [2.75, 3.05) is 0 Å². The predicted octanol–water partition coefficient (Wildman–Crippen LogP) is 1.70. The molecule has 5 nitrogen and oxygen atoms in total. The Bertz CT molecular complexity index is 344. The molecule has 2 N–H and O–H groups in total. The first-order valence-electron chi connectivity index (χ1n) is 7.22. The summed E-state index contributed by atoms with van der Waals surface area (Å²) in [5.74, 6) is -1.01. The summed E-state index contributed by atoms with van der Waals surface area (Å²) in [6.07, 6.45) is 5.92. The van der Waals surface area contributed by atoms with E-state index in [1.165, 1.54) is 0 Å². The molecule has 2 fully saturated rings. The molecular weight excluding hydrogens is 246 g/mol. The zero-order valence-corrected chi connectivity index (χ0v) is 11.4. The summed E-state index contributed by atoms with van der Waals surface area (Å²) in [6.45, 7) is 2.06. The van der Waals surface area contributed by atoms with Gasteiger partial charge >= 0.3 is 5.97 Å². The summed E-state index contributed by atoms with van der Waals surface area (Å²) < 4.78 is 5.67. The van der Waals surface area contributed by atoms with Crippen LogP contribution in [0.2, 0.25) is 0 Å². The van der Waals surface area contributed by atoms with Gasteiger partial charge in [-0.2, -0.15) is 0 Å². The Morgan fingerprint density at radius 1 is 1.26 bits per heavy atom. The number of ether oxygens (including phenoxy) is 1. The molecule has 0 aromatic carbocycles. The first-order chi connectivity index (χ1) is 9.04. The highest BCUT2D eigenvalue weighted by molar-refractivity contribution is 5.76. The molecule has 0 spiro atoms. The third-order valence-electron chi connectivity index (χ3n) is 4.16. The number of hydrogen-bond donors (Lipinski definition) is 2. The van der Waals surface area contributed by atoms with Gasteiger partial charge in [0.05, 0.1) is 18.1 Å². The van der Waals surface area contributed by atoms with Gasteiger partial charge in [0, 0.05) is 12.5 Å². The molecule has 4 atom stereocenters. The highest BCUT2D eigenvalue weighted by Crippen LogP contribution is 2.26. The van der Waals surface area contributed by atoms with E-state index in [0.717, 1.165) is 25.7 Å². The zero-order chi connectivity index (χ0) is 13.8. The van der Waals surface area contributed by atoms with Crippen molar-refractivity contribution in [3.63, 3.8) is 0 Å². The van der Waals surface area contributed by atoms with Crippen LogP contribution in [0.1, 0.15) is 51.9 Å². The number of aliphatic carboxylic acids is 1. The number of amides is 1. The van der Waals surface area contributed by atoms with Gasteiger partial charge in [0.2, 0.25) is 5.91 Å². The van der Waals surface area contributed by atoms with Gasteiger partial charge in [-0.1, -0.05) is 0 Å². The molecule has 2 rings (SSSR count). The van der Waals surface area contributed by atoms with Crippen LogP contribution in [-0.2, 0) is 14.3 Å². The summed E-state index contributed by atoms with van der Waals surface area (Å²) in [7, 11) is 0. The predicted molar refractivity (Wildman–Crippen MR) is 69.7 cm³/mol. The van der Waals surface area contributed by atoms with Gasteiger partial charge in [0.1, 0.15) is 0 Å². The lowest BCUT2D eigenvalue weighted by Gasteiger charge is -2.14. The van der Waals surface area contributed by atoms with Crippen LogP contribution < -0.4 is 5.32 Å². The van der Waals surface area contributed by atoms with Gasteiger partial charge in [-0.05, 0) is 45.4 Å². The molecule has 2 unspecified atom stereocenters. The normalized spacial score (nSPS) is 34.4. The van der Waals surface area contributed by atoms with E-state index in [9.17, 15) is 9.59 Å². The number of carbonyl (C=O) groups excluding carboxylic acids is 1. The summed E-state index contributed by atoms with van der Waals surface area (Å²) in [6, 6.07) is 0.0389. The van der Waals surface area contributed by atoms with Crippen LogP contribution in [0.3, 0.4) is 0 Å². The lowest BCUT2D eigenvalue weighted by Crippen LogP contribution is -2.33. The van der Waals surface area contributed by atoms with E-state index < -0.39 is 5.97 Å². The molecule has 0 radical (unpaired) electrons. The van der Waals surface area contributed by atoms with Crippen molar-refractivity contribution in [1.29, 1.82) is 0 Å². The maximum absolute atomic E-state index is 11.8. The average molecular weight is 269 g/mol. The first kappa shape index (κ1) is 14.3.